The molecule has 1 unspecified atom stereocenters. The van der Waals surface area contributed by atoms with Crippen molar-refractivity contribution in [3.63, 3.8) is 0 Å². The molecule has 2 rings (SSSR count). The lowest BCUT2D eigenvalue weighted by Gasteiger charge is -2.40. The van der Waals surface area contributed by atoms with Crippen molar-refractivity contribution in [2.45, 2.75) is 43.4 Å². The van der Waals surface area contributed by atoms with Crippen LogP contribution in [0.1, 0.15) is 57.1 Å². The van der Waals surface area contributed by atoms with Crippen LogP contribution in [0.3, 0.4) is 0 Å². The molecule has 1 atom stereocenters. The normalized spacial score (nSPS) is 41.5. The first kappa shape index (κ1) is 6.15. The van der Waals surface area contributed by atoms with Gasteiger partial charge in [-0.3, -0.25) is 0 Å². The van der Waals surface area contributed by atoms with E-state index in [2.05, 4.69) is 0 Å². The van der Waals surface area contributed by atoms with Crippen LogP contribution < -0.4 is 0 Å². The highest BCUT2D eigenvalue weighted by Crippen LogP contribution is 2.40. The van der Waals surface area contributed by atoms with E-state index < -0.39 is 43.4 Å². The Morgan fingerprint density at radius 2 is 1.79 bits per heavy atom. The smallest absolute Gasteiger partial charge is 0.115 e. The summed E-state index contributed by atoms with van der Waals surface area (Å²) >= 11 is 0. The van der Waals surface area contributed by atoms with E-state index in [1.165, 1.54) is 29.2 Å². The van der Waals surface area contributed by atoms with Crippen LogP contribution in [0.5, 0.6) is 5.75 Å². The minimum atomic E-state index is -3.59. The molecule has 0 radical (unpaired) electrons. The molecule has 1 aliphatic carbocycles. The summed E-state index contributed by atoms with van der Waals surface area (Å²) in [6.45, 7) is -0.199. The van der Waals surface area contributed by atoms with Gasteiger partial charge >= 0.3 is 0 Å². The molecule has 1 aromatic carbocycles. The van der Waals surface area contributed by atoms with Gasteiger partial charge in [-0.2, -0.15) is 0 Å². The zero-order valence-corrected chi connectivity index (χ0v) is 10.9. The van der Waals surface area contributed by atoms with E-state index in [1.807, 2.05) is 0 Å². The van der Waals surface area contributed by atoms with Crippen LogP contribution in [0.4, 0.5) is 0 Å². The predicted molar refractivity (Wildman–Crippen MR) is 77.4 cm³/mol. The topological polar surface area (TPSA) is 43.7 Å². The summed E-state index contributed by atoms with van der Waals surface area (Å²) in [6, 6.07) is 5.08. The van der Waals surface area contributed by atoms with Crippen molar-refractivity contribution in [3.05, 3.63) is 29.8 Å². The largest absolute Gasteiger partial charge is 0.508 e. The quantitative estimate of drug-likeness (QED) is 0.886. The van der Waals surface area contributed by atoms with E-state index in [0.717, 1.165) is 0 Å². The fraction of sp³-hybridized carbons (Fsp3) is 0.625. The molecule has 3 heteroatoms. The molecule has 1 fully saturated rings. The highest BCUT2D eigenvalue weighted by Gasteiger charge is 2.38. The maximum atomic E-state index is 11.6. The van der Waals surface area contributed by atoms with E-state index in [0.29, 0.717) is 0 Å². The third-order valence-electron chi connectivity index (χ3n) is 2.98. The molecule has 0 amide bonds. The van der Waals surface area contributed by atoms with Crippen molar-refractivity contribution in [3.8, 4) is 5.75 Å². The number of phenolic OH excluding ortho intramolecular Hbond substituents is 1. The van der Waals surface area contributed by atoms with Gasteiger partial charge in [0.25, 0.3) is 0 Å². The van der Waals surface area contributed by atoms with Gasteiger partial charge in [0.05, 0.1) is 5.60 Å². The Morgan fingerprint density at radius 1 is 1.21 bits per heavy atom. The first-order valence-electron chi connectivity index (χ1n) is 11.0. The van der Waals surface area contributed by atoms with Gasteiger partial charge in [-0.15, -0.1) is 0 Å². The highest BCUT2D eigenvalue weighted by molar-refractivity contribution is 5.30. The van der Waals surface area contributed by atoms with E-state index in [9.17, 15) is 10.2 Å². The Labute approximate surface area is 129 Å². The lowest BCUT2D eigenvalue weighted by atomic mass is 9.72. The molecule has 2 N–H and O–H groups in total. The maximum Gasteiger partial charge on any atom is 0.115 e. The summed E-state index contributed by atoms with van der Waals surface area (Å²) in [7, 11) is 3.13. The number of hydrogen-bond acceptors (Lipinski definition) is 3. The molecule has 1 aliphatic rings. The first-order chi connectivity index (χ1) is 12.8. The molecule has 0 spiro atoms. The van der Waals surface area contributed by atoms with Gasteiger partial charge in [-0.1, -0.05) is 31.3 Å². The number of rotatable bonds is 4. The van der Waals surface area contributed by atoms with Gasteiger partial charge in [0.15, 0.2) is 0 Å². The summed E-state index contributed by atoms with van der Waals surface area (Å²) in [6.07, 6.45) is -17.8. The Morgan fingerprint density at radius 3 is 2.32 bits per heavy atom. The van der Waals surface area contributed by atoms with Crippen LogP contribution in [0.25, 0.3) is 0 Å². The molecule has 0 saturated heterocycles. The number of benzene rings is 1. The maximum absolute atomic E-state index is 11.6. The molecule has 1 aromatic rings. The molecule has 0 heterocycles. The Bertz CT molecular complexity index is 733. The van der Waals surface area contributed by atoms with E-state index in [4.69, 9.17) is 13.7 Å². The Kier molecular flexibility index (Phi) is 1.92. The van der Waals surface area contributed by atoms with Gasteiger partial charge in [0, 0.05) is 26.2 Å². The summed E-state index contributed by atoms with van der Waals surface area (Å²) in [5.74, 6) is -1.63. The molecule has 0 bridgehead atoms. The molecular formula is C16H25NO2. The summed E-state index contributed by atoms with van der Waals surface area (Å²) in [5.41, 5.74) is -3.17. The van der Waals surface area contributed by atoms with Crippen LogP contribution >= 0.6 is 0 Å². The average Bonchev–Trinajstić information content (AvgIpc) is 2.57. The van der Waals surface area contributed by atoms with Crippen molar-refractivity contribution in [1.82, 2.24) is 4.90 Å². The minimum Gasteiger partial charge on any atom is -0.508 e. The summed E-state index contributed by atoms with van der Waals surface area (Å²) in [4.78, 5) is 1.50. The zero-order chi connectivity index (χ0) is 22.8. The summed E-state index contributed by atoms with van der Waals surface area (Å²) < 4.78 is 81.6. The lowest BCUT2D eigenvalue weighted by Crippen LogP contribution is -2.42. The van der Waals surface area contributed by atoms with E-state index >= 15 is 0 Å². The first-order valence-corrected chi connectivity index (χ1v) is 5.96. The van der Waals surface area contributed by atoms with Gasteiger partial charge in [0.2, 0.25) is 0 Å². The Hall–Kier alpha value is -1.06. The minimum absolute atomic E-state index is 0.138. The van der Waals surface area contributed by atoms with Crippen LogP contribution in [0.15, 0.2) is 24.3 Å². The zero-order valence-electron chi connectivity index (χ0n) is 20.9. The van der Waals surface area contributed by atoms with Crippen molar-refractivity contribution in [1.29, 1.82) is 0 Å². The van der Waals surface area contributed by atoms with Gasteiger partial charge < -0.3 is 15.1 Å². The summed E-state index contributed by atoms with van der Waals surface area (Å²) in [5, 5.41) is 21.1. The van der Waals surface area contributed by atoms with Gasteiger partial charge in [-0.25, -0.2) is 0 Å². The fourth-order valence-electron chi connectivity index (χ4n) is 2.04. The number of likely N-dealkylation sites (N-methyl/N-ethyl adjacent to an activating group) is 1. The molecule has 19 heavy (non-hydrogen) atoms. The predicted octanol–water partition coefficient (Wildman–Crippen LogP) is 2.73. The second kappa shape index (κ2) is 5.93. The van der Waals surface area contributed by atoms with Crippen molar-refractivity contribution in [2.75, 3.05) is 20.6 Å². The fourth-order valence-corrected chi connectivity index (χ4v) is 2.04. The molecule has 1 saturated carbocycles. The van der Waals surface area contributed by atoms with E-state index in [-0.39, 0.29) is 17.9 Å². The molecule has 3 nitrogen and oxygen atoms in total. The number of aromatic hydroxyl groups is 1. The van der Waals surface area contributed by atoms with Gasteiger partial charge in [0.1, 0.15) is 5.75 Å². The number of phenols is 1. The van der Waals surface area contributed by atoms with Crippen molar-refractivity contribution in [2.24, 2.45) is 0 Å². The standard InChI is InChI=1S/C16H25NO2/c1-17(2)12-15(13-6-8-14(18)9-7-13)16(19)10-4-3-5-11-16/h6-9,15,18-19H,3-5,10-12H2,1-2H3/i3D2,4D2,5D2,10D2,11D2. The molecule has 106 valence electrons. The van der Waals surface area contributed by atoms with Crippen molar-refractivity contribution >= 4 is 0 Å². The number of hydrogen-bond donors (Lipinski definition) is 2. The third-order valence-corrected chi connectivity index (χ3v) is 2.98. The van der Waals surface area contributed by atoms with Crippen LogP contribution in [0.2, 0.25) is 0 Å². The molecule has 0 aromatic heterocycles. The number of nitrogens with zero attached hydrogens (tertiary/aromatic N) is 1. The second-order valence-electron chi connectivity index (χ2n) is 4.80. The van der Waals surface area contributed by atoms with Crippen LogP contribution in [0, 0.1) is 0 Å². The van der Waals surface area contributed by atoms with Crippen molar-refractivity contribution < 1.29 is 23.9 Å². The average molecular weight is 273 g/mol. The Balaban J connectivity index is 2.89. The second-order valence-corrected chi connectivity index (χ2v) is 4.80. The molecule has 0 aliphatic heterocycles. The lowest BCUT2D eigenvalue weighted by molar-refractivity contribution is -0.0277. The van der Waals surface area contributed by atoms with Crippen LogP contribution in [-0.2, 0) is 0 Å². The number of aliphatic hydroxyl groups is 1. The SMILES string of the molecule is [2H]C1([2H])C([2H])([2H])C([2H])([2H])C(O)(C(CN(C)C)c2ccc(O)cc2)C([2H])([2H])C1([2H])[2H]. The van der Waals surface area contributed by atoms with Gasteiger partial charge in [-0.05, 0) is 44.5 Å². The third kappa shape index (κ3) is 3.48. The molecular weight excluding hydrogens is 238 g/mol. The monoisotopic (exact) mass is 273 g/mol. The van der Waals surface area contributed by atoms with E-state index in [1.54, 1.807) is 14.1 Å². The highest BCUT2D eigenvalue weighted by atomic mass is 16.3. The van der Waals surface area contributed by atoms with Crippen LogP contribution in [-0.4, -0.2) is 41.4 Å².